The maximum Gasteiger partial charge on any atom is 0.243 e. The zero-order chi connectivity index (χ0) is 16.4. The van der Waals surface area contributed by atoms with Gasteiger partial charge in [0.2, 0.25) is 15.9 Å². The summed E-state index contributed by atoms with van der Waals surface area (Å²) in [7, 11) is -3.65. The standard InChI is InChI=1S/C17H24N2O3S/c18-17(20)16-7-4-12-19(16)23(21,22)15-10-8-14(9-11-15)13-5-2-1-3-6-13/h8-11,13,16H,1-7,12H2,(H2,18,20)/t16-/m0/s1. The van der Waals surface area contributed by atoms with Crippen molar-refractivity contribution in [1.29, 1.82) is 0 Å². The molecule has 1 aliphatic carbocycles. The van der Waals surface area contributed by atoms with Crippen molar-refractivity contribution in [2.24, 2.45) is 5.73 Å². The second-order valence-corrected chi connectivity index (χ2v) is 8.47. The van der Waals surface area contributed by atoms with Crippen molar-refractivity contribution in [3.8, 4) is 0 Å². The highest BCUT2D eigenvalue weighted by atomic mass is 32.2. The van der Waals surface area contributed by atoms with Crippen LogP contribution < -0.4 is 5.73 Å². The van der Waals surface area contributed by atoms with Gasteiger partial charge in [-0.25, -0.2) is 8.42 Å². The molecular weight excluding hydrogens is 312 g/mol. The Morgan fingerprint density at radius 2 is 1.65 bits per heavy atom. The van der Waals surface area contributed by atoms with Gasteiger partial charge in [0, 0.05) is 6.54 Å². The number of amides is 1. The van der Waals surface area contributed by atoms with Crippen LogP contribution in [0.5, 0.6) is 0 Å². The van der Waals surface area contributed by atoms with E-state index in [2.05, 4.69) is 0 Å². The monoisotopic (exact) mass is 336 g/mol. The summed E-state index contributed by atoms with van der Waals surface area (Å²) in [5, 5.41) is 0. The Balaban J connectivity index is 1.81. The summed E-state index contributed by atoms with van der Waals surface area (Å²) in [5.41, 5.74) is 6.56. The lowest BCUT2D eigenvalue weighted by Gasteiger charge is -2.23. The van der Waals surface area contributed by atoms with Crippen molar-refractivity contribution in [2.45, 2.75) is 61.8 Å². The lowest BCUT2D eigenvalue weighted by molar-refractivity contribution is -0.121. The highest BCUT2D eigenvalue weighted by Crippen LogP contribution is 2.33. The average Bonchev–Trinajstić information content (AvgIpc) is 3.07. The Morgan fingerprint density at radius 1 is 1.00 bits per heavy atom. The number of sulfonamides is 1. The van der Waals surface area contributed by atoms with Crippen molar-refractivity contribution >= 4 is 15.9 Å². The molecule has 0 radical (unpaired) electrons. The Kier molecular flexibility index (Phi) is 4.73. The van der Waals surface area contributed by atoms with Gasteiger partial charge in [0.25, 0.3) is 0 Å². The maximum atomic E-state index is 12.8. The molecule has 1 aliphatic heterocycles. The molecule has 23 heavy (non-hydrogen) atoms. The zero-order valence-electron chi connectivity index (χ0n) is 13.3. The summed E-state index contributed by atoms with van der Waals surface area (Å²) in [6.07, 6.45) is 7.34. The molecule has 1 amide bonds. The lowest BCUT2D eigenvalue weighted by atomic mass is 9.84. The first-order valence-electron chi connectivity index (χ1n) is 8.41. The van der Waals surface area contributed by atoms with Crippen LogP contribution in [0.15, 0.2) is 29.2 Å². The topological polar surface area (TPSA) is 80.5 Å². The Bertz CT molecular complexity index is 664. The SMILES string of the molecule is NC(=O)[C@@H]1CCCN1S(=O)(=O)c1ccc(C2CCCCC2)cc1. The van der Waals surface area contributed by atoms with E-state index in [1.54, 1.807) is 12.1 Å². The summed E-state index contributed by atoms with van der Waals surface area (Å²) in [6, 6.07) is 6.50. The molecule has 126 valence electrons. The van der Waals surface area contributed by atoms with Gasteiger partial charge in [-0.15, -0.1) is 0 Å². The molecule has 2 aliphatic rings. The van der Waals surface area contributed by atoms with Crippen molar-refractivity contribution in [3.05, 3.63) is 29.8 Å². The maximum absolute atomic E-state index is 12.8. The molecule has 1 atom stereocenters. The van der Waals surface area contributed by atoms with E-state index < -0.39 is 22.0 Å². The van der Waals surface area contributed by atoms with Crippen molar-refractivity contribution in [2.75, 3.05) is 6.54 Å². The summed E-state index contributed by atoms with van der Waals surface area (Å²) in [4.78, 5) is 11.7. The number of nitrogens with zero attached hydrogens (tertiary/aromatic N) is 1. The fourth-order valence-electron chi connectivity index (χ4n) is 3.80. The Morgan fingerprint density at radius 3 is 2.26 bits per heavy atom. The van der Waals surface area contributed by atoms with Crippen molar-refractivity contribution in [1.82, 2.24) is 4.31 Å². The predicted octanol–water partition coefficient (Wildman–Crippen LogP) is 2.37. The molecule has 3 rings (SSSR count). The van der Waals surface area contributed by atoms with E-state index in [4.69, 9.17) is 5.73 Å². The van der Waals surface area contributed by atoms with E-state index in [0.717, 1.165) is 0 Å². The molecule has 1 saturated carbocycles. The van der Waals surface area contributed by atoms with Crippen LogP contribution in [0, 0.1) is 0 Å². The summed E-state index contributed by atoms with van der Waals surface area (Å²) >= 11 is 0. The van der Waals surface area contributed by atoms with Gasteiger partial charge in [-0.1, -0.05) is 31.4 Å². The Labute approximate surface area is 137 Å². The van der Waals surface area contributed by atoms with Gasteiger partial charge in [-0.3, -0.25) is 4.79 Å². The first kappa shape index (κ1) is 16.5. The summed E-state index contributed by atoms with van der Waals surface area (Å²) < 4.78 is 26.8. The van der Waals surface area contributed by atoms with Crippen LogP contribution in [0.25, 0.3) is 0 Å². The third-order valence-corrected chi connectivity index (χ3v) is 7.02. The number of nitrogens with two attached hydrogens (primary N) is 1. The van der Waals surface area contributed by atoms with Crippen LogP contribution in [0.2, 0.25) is 0 Å². The molecule has 2 fully saturated rings. The number of carbonyl (C=O) groups excluding carboxylic acids is 1. The van der Waals surface area contributed by atoms with Gasteiger partial charge in [0.05, 0.1) is 4.90 Å². The molecule has 1 heterocycles. The molecule has 5 nitrogen and oxygen atoms in total. The molecule has 0 spiro atoms. The lowest BCUT2D eigenvalue weighted by Crippen LogP contribution is -2.43. The smallest absolute Gasteiger partial charge is 0.243 e. The van der Waals surface area contributed by atoms with E-state index in [0.29, 0.717) is 25.3 Å². The van der Waals surface area contributed by atoms with E-state index in [1.165, 1.54) is 42.0 Å². The minimum atomic E-state index is -3.65. The third-order valence-electron chi connectivity index (χ3n) is 5.10. The predicted molar refractivity (Wildman–Crippen MR) is 88.4 cm³/mol. The van der Waals surface area contributed by atoms with Crippen LogP contribution in [-0.4, -0.2) is 31.2 Å². The molecular formula is C17H24N2O3S. The van der Waals surface area contributed by atoms with Gasteiger partial charge < -0.3 is 5.73 Å². The summed E-state index contributed by atoms with van der Waals surface area (Å²) in [6.45, 7) is 0.361. The number of primary amides is 1. The molecule has 6 heteroatoms. The molecule has 1 aromatic carbocycles. The van der Waals surface area contributed by atoms with Gasteiger partial charge >= 0.3 is 0 Å². The minimum Gasteiger partial charge on any atom is -0.368 e. The Hall–Kier alpha value is -1.40. The molecule has 0 unspecified atom stereocenters. The highest BCUT2D eigenvalue weighted by molar-refractivity contribution is 7.89. The number of carbonyl (C=O) groups is 1. The van der Waals surface area contributed by atoms with E-state index in [-0.39, 0.29) is 4.90 Å². The number of hydrogen-bond acceptors (Lipinski definition) is 3. The van der Waals surface area contributed by atoms with E-state index in [9.17, 15) is 13.2 Å². The fourth-order valence-corrected chi connectivity index (χ4v) is 5.46. The second-order valence-electron chi connectivity index (χ2n) is 6.58. The molecule has 1 saturated heterocycles. The third kappa shape index (κ3) is 3.28. The molecule has 1 aromatic rings. The molecule has 0 aromatic heterocycles. The van der Waals surface area contributed by atoms with Crippen LogP contribution in [0.4, 0.5) is 0 Å². The van der Waals surface area contributed by atoms with Crippen molar-refractivity contribution < 1.29 is 13.2 Å². The van der Waals surface area contributed by atoms with Crippen LogP contribution in [-0.2, 0) is 14.8 Å². The van der Waals surface area contributed by atoms with Crippen molar-refractivity contribution in [3.63, 3.8) is 0 Å². The van der Waals surface area contributed by atoms with Crippen LogP contribution >= 0.6 is 0 Å². The van der Waals surface area contributed by atoms with E-state index in [1.807, 2.05) is 12.1 Å². The molecule has 0 bridgehead atoms. The first-order chi connectivity index (χ1) is 11.0. The molecule has 2 N–H and O–H groups in total. The highest BCUT2D eigenvalue weighted by Gasteiger charge is 2.38. The quantitative estimate of drug-likeness (QED) is 0.916. The summed E-state index contributed by atoms with van der Waals surface area (Å²) in [5.74, 6) is -0.0180. The first-order valence-corrected chi connectivity index (χ1v) is 9.85. The van der Waals surface area contributed by atoms with Crippen LogP contribution in [0.3, 0.4) is 0 Å². The number of hydrogen-bond donors (Lipinski definition) is 1. The minimum absolute atomic E-state index is 0.255. The zero-order valence-corrected chi connectivity index (χ0v) is 14.1. The largest absolute Gasteiger partial charge is 0.368 e. The van der Waals surface area contributed by atoms with Crippen LogP contribution in [0.1, 0.15) is 56.4 Å². The number of rotatable bonds is 4. The average molecular weight is 336 g/mol. The van der Waals surface area contributed by atoms with E-state index >= 15 is 0 Å². The normalized spacial score (nSPS) is 23.9. The fraction of sp³-hybridized carbons (Fsp3) is 0.588. The second kappa shape index (κ2) is 6.61. The van der Waals surface area contributed by atoms with Gasteiger partial charge in [0.15, 0.2) is 0 Å². The number of benzene rings is 1. The van der Waals surface area contributed by atoms with Gasteiger partial charge in [0.1, 0.15) is 6.04 Å². The van der Waals surface area contributed by atoms with Gasteiger partial charge in [-0.2, -0.15) is 4.31 Å². The van der Waals surface area contributed by atoms with Gasteiger partial charge in [-0.05, 0) is 49.3 Å².